The molecule has 2 aromatic heterocycles. The van der Waals surface area contributed by atoms with Gasteiger partial charge in [-0.3, -0.25) is 19.1 Å². The molecule has 10 heteroatoms. The second kappa shape index (κ2) is 14.6. The van der Waals surface area contributed by atoms with Gasteiger partial charge in [-0.1, -0.05) is 30.4 Å². The third-order valence-corrected chi connectivity index (χ3v) is 8.43. The molecule has 10 nitrogen and oxygen atoms in total. The van der Waals surface area contributed by atoms with Crippen molar-refractivity contribution in [2.45, 2.75) is 77.3 Å². The number of carboxylic acid groups (broad SMARTS) is 1. The molecule has 2 amide bonds. The summed E-state index contributed by atoms with van der Waals surface area (Å²) in [5.41, 5.74) is 5.67. The lowest BCUT2D eigenvalue weighted by molar-refractivity contribution is -0.137. The second-order valence-corrected chi connectivity index (χ2v) is 12.1. The Hall–Kier alpha value is -4.44. The van der Waals surface area contributed by atoms with Gasteiger partial charge in [0.2, 0.25) is 11.8 Å². The Bertz CT molecular complexity index is 1710. The first-order chi connectivity index (χ1) is 21.7. The molecule has 1 aromatic carbocycles. The van der Waals surface area contributed by atoms with E-state index in [4.69, 9.17) is 9.84 Å². The molecule has 0 saturated heterocycles. The van der Waals surface area contributed by atoms with E-state index in [0.29, 0.717) is 56.9 Å². The fraction of sp³-hybridized carbons (Fsp3) is 0.429. The summed E-state index contributed by atoms with van der Waals surface area (Å²) < 4.78 is 8.96. The minimum Gasteiger partial charge on any atom is -0.481 e. The first-order valence-corrected chi connectivity index (χ1v) is 15.8. The lowest BCUT2D eigenvalue weighted by atomic mass is 10.0. The van der Waals surface area contributed by atoms with Crippen molar-refractivity contribution in [3.8, 4) is 0 Å². The number of carboxylic acids is 1. The van der Waals surface area contributed by atoms with Crippen molar-refractivity contribution in [1.82, 2.24) is 19.7 Å². The van der Waals surface area contributed by atoms with Gasteiger partial charge in [0.25, 0.3) is 0 Å². The van der Waals surface area contributed by atoms with Crippen LogP contribution in [0.4, 0.5) is 5.69 Å². The van der Waals surface area contributed by atoms with E-state index in [0.717, 1.165) is 45.8 Å². The van der Waals surface area contributed by atoms with Crippen molar-refractivity contribution in [2.24, 2.45) is 0 Å². The number of amides is 2. The molecule has 2 heterocycles. The molecule has 1 atom stereocenters. The number of nitrogens with zero attached hydrogens (tertiary/aromatic N) is 3. The van der Waals surface area contributed by atoms with Crippen molar-refractivity contribution in [1.29, 1.82) is 0 Å². The van der Waals surface area contributed by atoms with Gasteiger partial charge < -0.3 is 25.0 Å². The largest absolute Gasteiger partial charge is 0.481 e. The number of ether oxygens (including phenoxy) is 1. The number of carbonyl (C=O) groups excluding carboxylic acids is 2. The predicted octanol–water partition coefficient (Wildman–Crippen LogP) is 3.57. The van der Waals surface area contributed by atoms with Crippen molar-refractivity contribution in [3.63, 3.8) is 0 Å². The fourth-order valence-corrected chi connectivity index (χ4v) is 5.77. The van der Waals surface area contributed by atoms with Gasteiger partial charge in [0, 0.05) is 54.3 Å². The maximum Gasteiger partial charge on any atom is 0.303 e. The molecule has 2 aliphatic carbocycles. The van der Waals surface area contributed by atoms with E-state index < -0.39 is 12.0 Å². The van der Waals surface area contributed by atoms with Crippen LogP contribution < -0.4 is 21.2 Å². The average molecular weight is 614 g/mol. The molecule has 3 aromatic rings. The first kappa shape index (κ1) is 32.0. The lowest BCUT2D eigenvalue weighted by Gasteiger charge is -2.18. The number of methoxy groups -OCH3 is 1. The third-order valence-electron chi connectivity index (χ3n) is 8.43. The summed E-state index contributed by atoms with van der Waals surface area (Å²) in [5.74, 6) is -0.597. The Labute approximate surface area is 263 Å². The molecule has 45 heavy (non-hydrogen) atoms. The van der Waals surface area contributed by atoms with Crippen LogP contribution in [0, 0.1) is 6.92 Å². The number of aryl methyl sites for hydroxylation is 2. The molecule has 0 bridgehead atoms. The fourth-order valence-electron chi connectivity index (χ4n) is 5.77. The third kappa shape index (κ3) is 8.19. The number of unbranched alkanes of at least 4 members (excludes halogenated alkanes) is 1. The Morgan fingerprint density at radius 1 is 1.16 bits per heavy atom. The van der Waals surface area contributed by atoms with Gasteiger partial charge in [-0.2, -0.15) is 5.10 Å². The minimum atomic E-state index is -0.804. The summed E-state index contributed by atoms with van der Waals surface area (Å²) in [7, 11) is 1.60. The molecule has 0 spiro atoms. The molecular formula is C35H43N5O5. The van der Waals surface area contributed by atoms with Crippen LogP contribution in [0.3, 0.4) is 0 Å². The Balaban J connectivity index is 1.39. The van der Waals surface area contributed by atoms with Gasteiger partial charge in [-0.05, 0) is 86.6 Å². The zero-order valence-corrected chi connectivity index (χ0v) is 26.3. The van der Waals surface area contributed by atoms with Crippen molar-refractivity contribution >= 4 is 35.6 Å². The minimum absolute atomic E-state index is 0.115. The molecule has 1 fully saturated rings. The van der Waals surface area contributed by atoms with E-state index in [1.54, 1.807) is 7.11 Å². The van der Waals surface area contributed by atoms with Crippen LogP contribution in [-0.2, 0) is 32.1 Å². The van der Waals surface area contributed by atoms with Crippen LogP contribution in [0.2, 0.25) is 0 Å². The smallest absolute Gasteiger partial charge is 0.303 e. The molecule has 1 saturated carbocycles. The highest BCUT2D eigenvalue weighted by Gasteiger charge is 2.28. The van der Waals surface area contributed by atoms with E-state index in [1.807, 2.05) is 65.8 Å². The quantitative estimate of drug-likeness (QED) is 0.225. The number of carbonyl (C=O) groups is 3. The average Bonchev–Trinajstić information content (AvgIpc) is 3.74. The van der Waals surface area contributed by atoms with Crippen LogP contribution in [0.15, 0.2) is 48.4 Å². The highest BCUT2D eigenvalue weighted by molar-refractivity contribution is 5.96. The summed E-state index contributed by atoms with van der Waals surface area (Å²) in [5, 5.41) is 21.6. The first-order valence-electron chi connectivity index (χ1n) is 15.8. The molecule has 0 aliphatic heterocycles. The van der Waals surface area contributed by atoms with Crippen LogP contribution in [0.25, 0.3) is 12.2 Å². The normalized spacial score (nSPS) is 14.8. The van der Waals surface area contributed by atoms with E-state index in [-0.39, 0.29) is 18.2 Å². The van der Waals surface area contributed by atoms with Crippen molar-refractivity contribution in [2.75, 3.05) is 25.6 Å². The number of hydrogen-bond acceptors (Lipinski definition) is 5. The number of rotatable bonds is 15. The van der Waals surface area contributed by atoms with E-state index >= 15 is 0 Å². The number of hydrogen-bond donors (Lipinski definition) is 3. The number of nitrogens with one attached hydrogen (secondary N) is 2. The second-order valence-electron chi connectivity index (χ2n) is 12.1. The summed E-state index contributed by atoms with van der Waals surface area (Å²) in [4.78, 5) is 37.7. The molecule has 238 valence electrons. The summed E-state index contributed by atoms with van der Waals surface area (Å²) in [6.45, 7) is 5.37. The number of aliphatic carboxylic acids is 1. The van der Waals surface area contributed by atoms with E-state index in [2.05, 4.69) is 28.0 Å². The van der Waals surface area contributed by atoms with Crippen LogP contribution in [0.1, 0.15) is 79.7 Å². The number of fused-ring (bicyclic) bond motifs is 1. The lowest BCUT2D eigenvalue weighted by Crippen LogP contribution is -2.35. The van der Waals surface area contributed by atoms with Crippen LogP contribution >= 0.6 is 0 Å². The summed E-state index contributed by atoms with van der Waals surface area (Å²) in [6, 6.07) is 5.55. The number of aromatic nitrogens is 3. The highest BCUT2D eigenvalue weighted by Crippen LogP contribution is 2.38. The van der Waals surface area contributed by atoms with Gasteiger partial charge >= 0.3 is 5.97 Å². The molecular weight excluding hydrogens is 570 g/mol. The van der Waals surface area contributed by atoms with Crippen LogP contribution in [-0.4, -0.2) is 57.5 Å². The Morgan fingerprint density at radius 2 is 1.98 bits per heavy atom. The van der Waals surface area contributed by atoms with Gasteiger partial charge in [0.15, 0.2) is 0 Å². The Morgan fingerprint density at radius 3 is 2.69 bits per heavy atom. The molecule has 3 N–H and O–H groups in total. The number of anilines is 1. The number of allylic oxidation sites excluding steroid dienone is 1. The Kier molecular flexibility index (Phi) is 10.3. The van der Waals surface area contributed by atoms with Gasteiger partial charge in [-0.15, -0.1) is 0 Å². The zero-order chi connectivity index (χ0) is 31.9. The van der Waals surface area contributed by atoms with E-state index in [1.165, 1.54) is 5.56 Å². The molecule has 0 radical (unpaired) electrons. The van der Waals surface area contributed by atoms with Gasteiger partial charge in [0.1, 0.15) is 6.04 Å². The SMILES string of the molecule is COCCNC(=O)C1=CC=c2c(C3CC3)cn(C(C)C(=O)Nc3cc(Cn4cc(C)cn4)ccc3CCCCC(=O)O)c2=CC1. The number of benzene rings is 1. The van der Waals surface area contributed by atoms with E-state index in [9.17, 15) is 14.4 Å². The van der Waals surface area contributed by atoms with Crippen molar-refractivity contribution < 1.29 is 24.2 Å². The molecule has 2 aliphatic rings. The highest BCUT2D eigenvalue weighted by atomic mass is 16.5. The monoisotopic (exact) mass is 613 g/mol. The van der Waals surface area contributed by atoms with Gasteiger partial charge in [-0.25, -0.2) is 0 Å². The van der Waals surface area contributed by atoms with Crippen LogP contribution in [0.5, 0.6) is 0 Å². The zero-order valence-electron chi connectivity index (χ0n) is 26.3. The summed E-state index contributed by atoms with van der Waals surface area (Å²) in [6.07, 6.45) is 16.6. The predicted molar refractivity (Wildman–Crippen MR) is 173 cm³/mol. The standard InChI is InChI=1S/C35H43N5O5/c1-23-19-37-39(20-23)21-25-8-9-27(6-4-5-7-33(41)42)31(18-25)38-34(43)24(2)40-22-30(26-10-11-26)29-14-12-28(13-15-32(29)40)35(44)36-16-17-45-3/h8-9,12,14-15,18-20,22,24,26H,4-7,10-11,13,16-17,21H2,1-3H3,(H,36,44)(H,38,43)(H,41,42). The topological polar surface area (TPSA) is 127 Å². The van der Waals surface area contributed by atoms with Gasteiger partial charge in [0.05, 0.1) is 19.3 Å². The maximum absolute atomic E-state index is 13.9. The molecule has 1 unspecified atom stereocenters. The van der Waals surface area contributed by atoms with Crippen molar-refractivity contribution in [3.05, 3.63) is 81.3 Å². The summed E-state index contributed by atoms with van der Waals surface area (Å²) >= 11 is 0. The maximum atomic E-state index is 13.9. The molecule has 5 rings (SSSR count).